The van der Waals surface area contributed by atoms with Crippen LogP contribution in [0.25, 0.3) is 0 Å². The largest absolute Gasteiger partial charge is 0.518 e. The molecule has 0 heterocycles. The number of unbranched alkanes of at least 4 members (excludes halogenated alkanes) is 9. The second kappa shape index (κ2) is 13.3. The normalized spacial score (nSPS) is 13.4. The highest BCUT2D eigenvalue weighted by atomic mass is 28.4. The summed E-state index contributed by atoms with van der Waals surface area (Å²) in [5.74, 6) is 0.870. The van der Waals surface area contributed by atoms with Gasteiger partial charge >= 0.3 is 8.56 Å². The number of hydrogen-bond acceptors (Lipinski definition) is 2. The summed E-state index contributed by atoms with van der Waals surface area (Å²) in [6, 6.07) is 9.90. The van der Waals surface area contributed by atoms with Gasteiger partial charge in [-0.3, -0.25) is 0 Å². The molecule has 0 aliphatic heterocycles. The van der Waals surface area contributed by atoms with Gasteiger partial charge in [0.25, 0.3) is 0 Å². The maximum Gasteiger partial charge on any atom is 0.422 e. The molecular formula is C21H36O2Si. The molecule has 0 bridgehead atoms. The van der Waals surface area contributed by atoms with Gasteiger partial charge < -0.3 is 8.85 Å². The molecule has 1 aromatic rings. The van der Waals surface area contributed by atoms with Gasteiger partial charge in [-0.25, -0.2) is 0 Å². The maximum absolute atomic E-state index is 6.05. The number of rotatable bonds is 15. The molecule has 136 valence electrons. The van der Waals surface area contributed by atoms with E-state index in [1.807, 2.05) is 36.0 Å². The first kappa shape index (κ1) is 21.0. The molecule has 0 aliphatic carbocycles. The third-order valence-corrected chi connectivity index (χ3v) is 6.48. The SMILES string of the molecule is C=C[Si](C)(OCCCCCCCCCCCC)Oc1ccccc1. The molecule has 1 unspecified atom stereocenters. The molecule has 2 nitrogen and oxygen atoms in total. The van der Waals surface area contributed by atoms with Crippen LogP contribution in [0.1, 0.15) is 71.1 Å². The summed E-state index contributed by atoms with van der Waals surface area (Å²) in [5.41, 5.74) is 1.87. The smallest absolute Gasteiger partial charge is 0.422 e. The molecule has 1 atom stereocenters. The standard InChI is InChI=1S/C21H36O2Si/c1-4-6-7-8-9-10-11-12-13-17-20-22-24(3,5-2)23-21-18-15-14-16-19-21/h5,14-16,18-19H,2,4,6-13,17,20H2,1,3H3. The lowest BCUT2D eigenvalue weighted by Gasteiger charge is -2.24. The zero-order valence-electron chi connectivity index (χ0n) is 15.8. The lowest BCUT2D eigenvalue weighted by atomic mass is 10.1. The molecule has 0 N–H and O–H groups in total. The van der Waals surface area contributed by atoms with Crippen LogP contribution < -0.4 is 4.43 Å². The Balaban J connectivity index is 2.05. The second-order valence-electron chi connectivity index (χ2n) is 6.67. The fourth-order valence-electron chi connectivity index (χ4n) is 2.72. The van der Waals surface area contributed by atoms with Crippen LogP contribution in [-0.4, -0.2) is 15.2 Å². The zero-order valence-corrected chi connectivity index (χ0v) is 16.8. The average molecular weight is 349 g/mol. The van der Waals surface area contributed by atoms with E-state index in [9.17, 15) is 0 Å². The van der Waals surface area contributed by atoms with E-state index in [2.05, 4.69) is 20.0 Å². The fraction of sp³-hybridized carbons (Fsp3) is 0.619. The summed E-state index contributed by atoms with van der Waals surface area (Å²) >= 11 is 0. The summed E-state index contributed by atoms with van der Waals surface area (Å²) < 4.78 is 12.1. The summed E-state index contributed by atoms with van der Waals surface area (Å²) in [7, 11) is -2.29. The Bertz CT molecular complexity index is 421. The van der Waals surface area contributed by atoms with Crippen LogP contribution in [0.5, 0.6) is 5.75 Å². The molecule has 0 spiro atoms. The van der Waals surface area contributed by atoms with Crippen molar-refractivity contribution in [3.8, 4) is 5.75 Å². The van der Waals surface area contributed by atoms with Crippen LogP contribution in [0.15, 0.2) is 42.6 Å². The van der Waals surface area contributed by atoms with Crippen molar-refractivity contribution in [2.45, 2.75) is 77.7 Å². The van der Waals surface area contributed by atoms with Crippen molar-refractivity contribution in [2.24, 2.45) is 0 Å². The number of para-hydroxylation sites is 1. The highest BCUT2D eigenvalue weighted by molar-refractivity contribution is 6.71. The van der Waals surface area contributed by atoms with Crippen LogP contribution in [-0.2, 0) is 4.43 Å². The van der Waals surface area contributed by atoms with Crippen LogP contribution in [0.2, 0.25) is 6.55 Å². The first-order valence-electron chi connectivity index (χ1n) is 9.72. The fourth-order valence-corrected chi connectivity index (χ4v) is 4.13. The Labute approximate surface area is 150 Å². The van der Waals surface area contributed by atoms with Crippen molar-refractivity contribution in [2.75, 3.05) is 6.61 Å². The molecular weight excluding hydrogens is 312 g/mol. The Morgan fingerprint density at radius 1 is 0.875 bits per heavy atom. The van der Waals surface area contributed by atoms with E-state index in [4.69, 9.17) is 8.85 Å². The lowest BCUT2D eigenvalue weighted by molar-refractivity contribution is 0.245. The van der Waals surface area contributed by atoms with Crippen molar-refractivity contribution in [3.63, 3.8) is 0 Å². The quantitative estimate of drug-likeness (QED) is 0.256. The topological polar surface area (TPSA) is 18.5 Å². The highest BCUT2D eigenvalue weighted by Gasteiger charge is 2.29. The minimum absolute atomic E-state index is 0.776. The van der Waals surface area contributed by atoms with Gasteiger partial charge in [0, 0.05) is 6.61 Å². The van der Waals surface area contributed by atoms with Crippen LogP contribution in [0.4, 0.5) is 0 Å². The maximum atomic E-state index is 6.05. The molecule has 0 aromatic heterocycles. The van der Waals surface area contributed by atoms with E-state index in [0.717, 1.165) is 18.8 Å². The number of hydrogen-bond donors (Lipinski definition) is 0. The molecule has 0 saturated heterocycles. The summed E-state index contributed by atoms with van der Waals surface area (Å²) in [4.78, 5) is 0. The van der Waals surface area contributed by atoms with E-state index in [0.29, 0.717) is 0 Å². The molecule has 0 aliphatic rings. The van der Waals surface area contributed by atoms with Crippen LogP contribution in [0.3, 0.4) is 0 Å². The third-order valence-electron chi connectivity index (χ3n) is 4.32. The summed E-state index contributed by atoms with van der Waals surface area (Å²) in [5, 5.41) is 0. The van der Waals surface area contributed by atoms with Crippen molar-refractivity contribution in [1.82, 2.24) is 0 Å². The van der Waals surface area contributed by atoms with E-state index in [1.54, 1.807) is 0 Å². The number of benzene rings is 1. The minimum Gasteiger partial charge on any atom is -0.518 e. The minimum atomic E-state index is -2.29. The molecule has 1 rings (SSSR count). The van der Waals surface area contributed by atoms with E-state index in [-0.39, 0.29) is 0 Å². The second-order valence-corrected chi connectivity index (χ2v) is 9.60. The van der Waals surface area contributed by atoms with Crippen molar-refractivity contribution < 1.29 is 8.85 Å². The Hall–Kier alpha value is -1.06. The molecule has 3 heteroatoms. The van der Waals surface area contributed by atoms with E-state index in [1.165, 1.54) is 57.8 Å². The Morgan fingerprint density at radius 3 is 1.96 bits per heavy atom. The van der Waals surface area contributed by atoms with E-state index >= 15 is 0 Å². The van der Waals surface area contributed by atoms with Gasteiger partial charge in [0.05, 0.1) is 0 Å². The molecule has 1 aromatic carbocycles. The molecule has 0 amide bonds. The Morgan fingerprint density at radius 2 is 1.42 bits per heavy atom. The van der Waals surface area contributed by atoms with Crippen molar-refractivity contribution >= 4 is 8.56 Å². The monoisotopic (exact) mass is 348 g/mol. The van der Waals surface area contributed by atoms with Gasteiger partial charge in [0.15, 0.2) is 0 Å². The van der Waals surface area contributed by atoms with E-state index < -0.39 is 8.56 Å². The van der Waals surface area contributed by atoms with Crippen LogP contribution >= 0.6 is 0 Å². The van der Waals surface area contributed by atoms with Crippen molar-refractivity contribution in [3.05, 3.63) is 42.6 Å². The van der Waals surface area contributed by atoms with Gasteiger partial charge in [0.1, 0.15) is 5.75 Å². The molecule has 0 fully saturated rings. The van der Waals surface area contributed by atoms with Gasteiger partial charge in [-0.2, -0.15) is 0 Å². The predicted octanol–water partition coefficient (Wildman–Crippen LogP) is 6.80. The van der Waals surface area contributed by atoms with Crippen molar-refractivity contribution in [1.29, 1.82) is 0 Å². The Kier molecular flexibility index (Phi) is 11.6. The zero-order chi connectivity index (χ0) is 17.5. The summed E-state index contributed by atoms with van der Waals surface area (Å²) in [6.45, 7) is 9.02. The van der Waals surface area contributed by atoms with Gasteiger partial charge in [-0.05, 0) is 30.8 Å². The lowest BCUT2D eigenvalue weighted by Crippen LogP contribution is -2.40. The first-order valence-corrected chi connectivity index (χ1v) is 12.1. The highest BCUT2D eigenvalue weighted by Crippen LogP contribution is 2.18. The molecule has 0 radical (unpaired) electrons. The summed E-state index contributed by atoms with van der Waals surface area (Å²) in [6.07, 6.45) is 13.4. The molecule has 0 saturated carbocycles. The predicted molar refractivity (Wildman–Crippen MR) is 107 cm³/mol. The molecule has 24 heavy (non-hydrogen) atoms. The third kappa shape index (κ3) is 9.94. The van der Waals surface area contributed by atoms with Crippen LogP contribution in [0, 0.1) is 0 Å². The van der Waals surface area contributed by atoms with Gasteiger partial charge in [-0.15, -0.1) is 6.58 Å². The first-order chi connectivity index (χ1) is 11.7. The average Bonchev–Trinajstić information content (AvgIpc) is 2.60. The van der Waals surface area contributed by atoms with Gasteiger partial charge in [0.2, 0.25) is 0 Å². The van der Waals surface area contributed by atoms with Gasteiger partial charge in [-0.1, -0.05) is 82.9 Å².